The summed E-state index contributed by atoms with van der Waals surface area (Å²) < 4.78 is 11.4. The Bertz CT molecular complexity index is 480. The minimum absolute atomic E-state index is 0.755. The van der Waals surface area contributed by atoms with Crippen molar-refractivity contribution in [1.82, 2.24) is 0 Å². The summed E-state index contributed by atoms with van der Waals surface area (Å²) in [7, 11) is 1.70. The summed E-state index contributed by atoms with van der Waals surface area (Å²) in [6, 6.07) is 4.20. The van der Waals surface area contributed by atoms with Crippen molar-refractivity contribution in [3.63, 3.8) is 0 Å². The van der Waals surface area contributed by atoms with Crippen LogP contribution in [0.25, 0.3) is 0 Å². The van der Waals surface area contributed by atoms with E-state index < -0.39 is 0 Å². The van der Waals surface area contributed by atoms with Gasteiger partial charge in [-0.05, 0) is 37.5 Å². The van der Waals surface area contributed by atoms with E-state index in [1.54, 1.807) is 7.11 Å². The Morgan fingerprint density at radius 2 is 2.00 bits per heavy atom. The summed E-state index contributed by atoms with van der Waals surface area (Å²) in [5.41, 5.74) is 3.62. The van der Waals surface area contributed by atoms with Gasteiger partial charge in [-0.25, -0.2) is 0 Å². The number of unbranched alkanes of at least 4 members (excludes halogenated alkanes) is 3. The first-order valence-electron chi connectivity index (χ1n) is 7.61. The molecule has 0 fully saturated rings. The van der Waals surface area contributed by atoms with Gasteiger partial charge in [-0.15, -0.1) is 0 Å². The van der Waals surface area contributed by atoms with E-state index >= 15 is 0 Å². The van der Waals surface area contributed by atoms with Crippen LogP contribution >= 0.6 is 0 Å². The molecule has 3 nitrogen and oxygen atoms in total. The first kappa shape index (κ1) is 14.9. The average Bonchev–Trinajstić information content (AvgIpc) is 2.47. The van der Waals surface area contributed by atoms with Crippen LogP contribution in [0.2, 0.25) is 0 Å². The second-order valence-electron chi connectivity index (χ2n) is 5.29. The zero-order valence-electron chi connectivity index (χ0n) is 12.9. The van der Waals surface area contributed by atoms with E-state index in [1.165, 1.54) is 30.4 Å². The molecule has 1 aromatic rings. The van der Waals surface area contributed by atoms with Gasteiger partial charge in [0.05, 0.1) is 13.7 Å². The third-order valence-corrected chi connectivity index (χ3v) is 3.76. The van der Waals surface area contributed by atoms with Crippen LogP contribution in [0.15, 0.2) is 17.1 Å². The van der Waals surface area contributed by atoms with Crippen molar-refractivity contribution in [1.29, 1.82) is 0 Å². The van der Waals surface area contributed by atoms with Gasteiger partial charge < -0.3 is 9.47 Å². The Balaban J connectivity index is 2.08. The fraction of sp³-hybridized carbons (Fsp3) is 0.588. The third-order valence-electron chi connectivity index (χ3n) is 3.76. The maximum absolute atomic E-state index is 5.91. The zero-order chi connectivity index (χ0) is 14.4. The topological polar surface area (TPSA) is 30.8 Å². The van der Waals surface area contributed by atoms with Gasteiger partial charge in [-0.1, -0.05) is 26.2 Å². The molecule has 20 heavy (non-hydrogen) atoms. The van der Waals surface area contributed by atoms with Crippen molar-refractivity contribution >= 4 is 5.71 Å². The first-order valence-corrected chi connectivity index (χ1v) is 7.61. The van der Waals surface area contributed by atoms with Gasteiger partial charge in [-0.2, -0.15) is 0 Å². The fourth-order valence-corrected chi connectivity index (χ4v) is 2.56. The van der Waals surface area contributed by atoms with Crippen LogP contribution in [-0.2, 0) is 6.42 Å². The van der Waals surface area contributed by atoms with E-state index in [-0.39, 0.29) is 0 Å². The zero-order valence-corrected chi connectivity index (χ0v) is 12.9. The Kier molecular flexibility index (Phi) is 5.45. The lowest BCUT2D eigenvalue weighted by atomic mass is 9.97. The van der Waals surface area contributed by atoms with Gasteiger partial charge in [0, 0.05) is 17.8 Å². The Morgan fingerprint density at radius 1 is 1.15 bits per heavy atom. The summed E-state index contributed by atoms with van der Waals surface area (Å²) in [6.07, 6.45) is 5.83. The Morgan fingerprint density at radius 3 is 2.75 bits per heavy atom. The van der Waals surface area contributed by atoms with Crippen LogP contribution < -0.4 is 9.47 Å². The second-order valence-corrected chi connectivity index (χ2v) is 5.29. The van der Waals surface area contributed by atoms with E-state index in [2.05, 4.69) is 31.0 Å². The molecular formula is C17H25NO2. The molecule has 0 saturated carbocycles. The normalized spacial score (nSPS) is 13.7. The molecule has 0 saturated heterocycles. The summed E-state index contributed by atoms with van der Waals surface area (Å²) >= 11 is 0. The molecule has 1 aromatic carbocycles. The molecule has 1 heterocycles. The monoisotopic (exact) mass is 275 g/mol. The molecule has 3 heteroatoms. The predicted molar refractivity (Wildman–Crippen MR) is 83.4 cm³/mol. The van der Waals surface area contributed by atoms with Crippen LogP contribution in [0.3, 0.4) is 0 Å². The molecular weight excluding hydrogens is 250 g/mol. The number of fused-ring (bicyclic) bond motifs is 1. The molecule has 0 aromatic heterocycles. The van der Waals surface area contributed by atoms with E-state index in [4.69, 9.17) is 9.47 Å². The lowest BCUT2D eigenvalue weighted by molar-refractivity contribution is 0.285. The van der Waals surface area contributed by atoms with Crippen molar-refractivity contribution in [3.05, 3.63) is 23.3 Å². The maximum atomic E-state index is 5.91. The third kappa shape index (κ3) is 3.53. The highest BCUT2D eigenvalue weighted by molar-refractivity contribution is 6.01. The molecule has 2 rings (SSSR count). The molecule has 0 atom stereocenters. The van der Waals surface area contributed by atoms with Crippen molar-refractivity contribution in [2.45, 2.75) is 46.0 Å². The van der Waals surface area contributed by atoms with E-state index in [9.17, 15) is 0 Å². The van der Waals surface area contributed by atoms with Crippen LogP contribution in [0, 0.1) is 0 Å². The maximum Gasteiger partial charge on any atom is 0.161 e. The van der Waals surface area contributed by atoms with Gasteiger partial charge in [0.25, 0.3) is 0 Å². The molecule has 0 aliphatic carbocycles. The quantitative estimate of drug-likeness (QED) is 0.704. The van der Waals surface area contributed by atoms with Gasteiger partial charge in [0.15, 0.2) is 11.5 Å². The molecule has 0 bridgehead atoms. The SMILES string of the molecule is CCCCCCOc1cc2c(cc1OC)CCN=C2C. The van der Waals surface area contributed by atoms with E-state index in [0.717, 1.165) is 43.2 Å². The number of nitrogens with zero attached hydrogens (tertiary/aromatic N) is 1. The molecule has 0 spiro atoms. The van der Waals surface area contributed by atoms with E-state index in [1.807, 2.05) is 0 Å². The van der Waals surface area contributed by atoms with Crippen molar-refractivity contribution in [2.24, 2.45) is 4.99 Å². The average molecular weight is 275 g/mol. The Hall–Kier alpha value is -1.51. The largest absolute Gasteiger partial charge is 0.493 e. The second kappa shape index (κ2) is 7.32. The Labute approximate surface area is 122 Å². The molecule has 110 valence electrons. The highest BCUT2D eigenvalue weighted by Gasteiger charge is 2.16. The number of hydrogen-bond donors (Lipinski definition) is 0. The van der Waals surface area contributed by atoms with Crippen LogP contribution in [0.1, 0.15) is 50.7 Å². The van der Waals surface area contributed by atoms with Crippen LogP contribution in [-0.4, -0.2) is 26.0 Å². The highest BCUT2D eigenvalue weighted by Crippen LogP contribution is 2.33. The number of aliphatic imine (C=N–C) groups is 1. The molecule has 0 unspecified atom stereocenters. The number of rotatable bonds is 7. The molecule has 0 N–H and O–H groups in total. The van der Waals surface area contributed by atoms with Gasteiger partial charge in [-0.3, -0.25) is 4.99 Å². The van der Waals surface area contributed by atoms with Crippen LogP contribution in [0.5, 0.6) is 11.5 Å². The first-order chi connectivity index (χ1) is 9.76. The summed E-state index contributed by atoms with van der Waals surface area (Å²) in [5.74, 6) is 1.69. The minimum Gasteiger partial charge on any atom is -0.493 e. The lowest BCUT2D eigenvalue weighted by Crippen LogP contribution is -2.11. The molecule has 0 amide bonds. The number of hydrogen-bond acceptors (Lipinski definition) is 3. The summed E-state index contributed by atoms with van der Waals surface area (Å²) in [5, 5.41) is 0. The van der Waals surface area contributed by atoms with Gasteiger partial charge in [0.1, 0.15) is 0 Å². The minimum atomic E-state index is 0.755. The number of methoxy groups -OCH3 is 1. The van der Waals surface area contributed by atoms with Crippen molar-refractivity contribution < 1.29 is 9.47 Å². The lowest BCUT2D eigenvalue weighted by Gasteiger charge is -2.18. The standard InChI is InChI=1S/C17H25NO2/c1-4-5-6-7-10-20-17-12-15-13(2)18-9-8-14(15)11-16(17)19-3/h11-12H,4-10H2,1-3H3. The number of benzene rings is 1. The van der Waals surface area contributed by atoms with Gasteiger partial charge in [0.2, 0.25) is 0 Å². The highest BCUT2D eigenvalue weighted by atomic mass is 16.5. The smallest absolute Gasteiger partial charge is 0.161 e. The van der Waals surface area contributed by atoms with Crippen LogP contribution in [0.4, 0.5) is 0 Å². The molecule has 0 radical (unpaired) electrons. The van der Waals surface area contributed by atoms with E-state index in [0.29, 0.717) is 0 Å². The number of ether oxygens (including phenoxy) is 2. The predicted octanol–water partition coefficient (Wildman–Crippen LogP) is 4.02. The van der Waals surface area contributed by atoms with Gasteiger partial charge >= 0.3 is 0 Å². The van der Waals surface area contributed by atoms with Crippen molar-refractivity contribution in [2.75, 3.05) is 20.3 Å². The van der Waals surface area contributed by atoms with Crippen molar-refractivity contribution in [3.8, 4) is 11.5 Å². The summed E-state index contributed by atoms with van der Waals surface area (Å²) in [4.78, 5) is 4.51. The molecule has 1 aliphatic rings. The fourth-order valence-electron chi connectivity index (χ4n) is 2.56. The molecule has 1 aliphatic heterocycles. The summed E-state index contributed by atoms with van der Waals surface area (Å²) in [6.45, 7) is 5.91.